The fourth-order valence-corrected chi connectivity index (χ4v) is 3.35. The van der Waals surface area contributed by atoms with Crippen LogP contribution in [0, 0.1) is 10.1 Å². The van der Waals surface area contributed by atoms with Crippen molar-refractivity contribution in [2.24, 2.45) is 0 Å². The topological polar surface area (TPSA) is 143 Å². The molecular formula is C21H14Cl2N6O4. The summed E-state index contributed by atoms with van der Waals surface area (Å²) in [7, 11) is 0. The number of hydrogen-bond acceptors (Lipinski definition) is 7. The molecule has 0 aliphatic carbocycles. The maximum Gasteiger partial charge on any atom is 0.271 e. The van der Waals surface area contributed by atoms with Gasteiger partial charge < -0.3 is 10.6 Å². The van der Waals surface area contributed by atoms with E-state index in [4.69, 9.17) is 23.2 Å². The van der Waals surface area contributed by atoms with Crippen LogP contribution >= 0.6 is 23.2 Å². The number of aromatic nitrogens is 3. The molecule has 1 amide bonds. The number of benzene rings is 2. The number of fused-ring (bicyclic) bond motifs is 1. The van der Waals surface area contributed by atoms with Crippen LogP contribution < -0.4 is 16.2 Å². The molecule has 33 heavy (non-hydrogen) atoms. The van der Waals surface area contributed by atoms with Gasteiger partial charge in [0, 0.05) is 36.8 Å². The van der Waals surface area contributed by atoms with Gasteiger partial charge in [-0.1, -0.05) is 29.3 Å². The molecular weight excluding hydrogens is 471 g/mol. The number of H-pyrrole nitrogens is 1. The Morgan fingerprint density at radius 2 is 1.97 bits per heavy atom. The molecule has 10 nitrogen and oxygen atoms in total. The van der Waals surface area contributed by atoms with Crippen LogP contribution in [0.4, 0.5) is 17.3 Å². The van der Waals surface area contributed by atoms with Crippen molar-refractivity contribution in [1.29, 1.82) is 0 Å². The molecule has 2 heterocycles. The van der Waals surface area contributed by atoms with E-state index in [2.05, 4.69) is 25.6 Å². The number of nitro benzene ring substituents is 1. The Kier molecular flexibility index (Phi) is 6.20. The smallest absolute Gasteiger partial charge is 0.271 e. The Hall–Kier alpha value is -4.02. The predicted molar refractivity (Wildman–Crippen MR) is 124 cm³/mol. The second kappa shape index (κ2) is 9.23. The van der Waals surface area contributed by atoms with Gasteiger partial charge in [-0.05, 0) is 29.8 Å². The van der Waals surface area contributed by atoms with E-state index in [1.165, 1.54) is 6.07 Å². The van der Waals surface area contributed by atoms with E-state index in [0.29, 0.717) is 10.7 Å². The number of aromatic amines is 1. The van der Waals surface area contributed by atoms with E-state index in [1.807, 2.05) is 0 Å². The third-order valence-electron chi connectivity index (χ3n) is 4.61. The van der Waals surface area contributed by atoms with Crippen LogP contribution in [0.5, 0.6) is 0 Å². The summed E-state index contributed by atoms with van der Waals surface area (Å²) >= 11 is 11.9. The van der Waals surface area contributed by atoms with Crippen molar-refractivity contribution in [2.45, 2.75) is 6.54 Å². The Morgan fingerprint density at radius 1 is 1.15 bits per heavy atom. The lowest BCUT2D eigenvalue weighted by molar-refractivity contribution is -0.384. The first-order chi connectivity index (χ1) is 15.8. The van der Waals surface area contributed by atoms with E-state index in [0.717, 1.165) is 17.7 Å². The molecule has 0 fully saturated rings. The van der Waals surface area contributed by atoms with E-state index in [1.54, 1.807) is 36.7 Å². The summed E-state index contributed by atoms with van der Waals surface area (Å²) in [6, 6.07) is 10.3. The second-order valence-electron chi connectivity index (χ2n) is 6.86. The number of non-ortho nitro benzene ring substituents is 1. The number of anilines is 2. The summed E-state index contributed by atoms with van der Waals surface area (Å²) < 4.78 is 0. The number of amides is 1. The van der Waals surface area contributed by atoms with Crippen LogP contribution in [-0.4, -0.2) is 25.8 Å². The number of nitrogens with zero attached hydrogens (tertiary/aromatic N) is 3. The Morgan fingerprint density at radius 3 is 2.67 bits per heavy atom. The number of carbonyl (C=O) groups is 1. The van der Waals surface area contributed by atoms with Gasteiger partial charge in [-0.25, -0.2) is 4.98 Å². The zero-order valence-corrected chi connectivity index (χ0v) is 18.1. The van der Waals surface area contributed by atoms with Gasteiger partial charge in [0.15, 0.2) is 0 Å². The third kappa shape index (κ3) is 4.92. The standard InChI is InChI=1S/C21H14Cl2N6O4/c22-16-4-3-12(6-17(16)23)26-21-27-18-14(19(30)25-10-11-2-1-5-24-9-11)7-13(29(32)33)8-15(18)20(31)28-21/h1-9H,10H2,(H,25,30)(H2,26,27,28,31). The highest BCUT2D eigenvalue weighted by atomic mass is 35.5. The van der Waals surface area contributed by atoms with Gasteiger partial charge in [0.25, 0.3) is 17.2 Å². The highest BCUT2D eigenvalue weighted by molar-refractivity contribution is 6.42. The van der Waals surface area contributed by atoms with Gasteiger partial charge in [-0.15, -0.1) is 0 Å². The van der Waals surface area contributed by atoms with Crippen molar-refractivity contribution < 1.29 is 9.72 Å². The van der Waals surface area contributed by atoms with Crippen molar-refractivity contribution in [2.75, 3.05) is 5.32 Å². The Bertz CT molecular complexity index is 1440. The highest BCUT2D eigenvalue weighted by Crippen LogP contribution is 2.27. The molecule has 0 saturated heterocycles. The number of halogens is 2. The third-order valence-corrected chi connectivity index (χ3v) is 5.35. The Balaban J connectivity index is 1.75. The van der Waals surface area contributed by atoms with E-state index < -0.39 is 22.1 Å². The average molecular weight is 485 g/mol. The molecule has 0 spiro atoms. The monoisotopic (exact) mass is 484 g/mol. The number of rotatable bonds is 6. The van der Waals surface area contributed by atoms with Crippen LogP contribution in [0.2, 0.25) is 10.0 Å². The molecule has 0 saturated carbocycles. The second-order valence-corrected chi connectivity index (χ2v) is 7.67. The van der Waals surface area contributed by atoms with Gasteiger partial charge in [-0.2, -0.15) is 0 Å². The van der Waals surface area contributed by atoms with Crippen molar-refractivity contribution in [3.05, 3.63) is 96.5 Å². The summed E-state index contributed by atoms with van der Waals surface area (Å²) in [6.07, 6.45) is 3.17. The number of hydrogen-bond donors (Lipinski definition) is 3. The van der Waals surface area contributed by atoms with Crippen molar-refractivity contribution >= 4 is 57.3 Å². The molecule has 0 aliphatic rings. The van der Waals surface area contributed by atoms with Crippen molar-refractivity contribution in [1.82, 2.24) is 20.3 Å². The molecule has 2 aromatic carbocycles. The highest BCUT2D eigenvalue weighted by Gasteiger charge is 2.20. The Labute approximate surface area is 195 Å². The molecule has 12 heteroatoms. The molecule has 2 aromatic heterocycles. The minimum Gasteiger partial charge on any atom is -0.348 e. The number of pyridine rings is 1. The summed E-state index contributed by atoms with van der Waals surface area (Å²) in [4.78, 5) is 47.1. The zero-order chi connectivity index (χ0) is 23.5. The molecule has 4 aromatic rings. The first kappa shape index (κ1) is 22.2. The van der Waals surface area contributed by atoms with Crippen LogP contribution in [0.25, 0.3) is 10.9 Å². The largest absolute Gasteiger partial charge is 0.348 e. The zero-order valence-electron chi connectivity index (χ0n) is 16.6. The van der Waals surface area contributed by atoms with Gasteiger partial charge >= 0.3 is 0 Å². The normalized spacial score (nSPS) is 10.7. The first-order valence-corrected chi connectivity index (χ1v) is 10.2. The van der Waals surface area contributed by atoms with E-state index in [9.17, 15) is 19.7 Å². The molecule has 0 atom stereocenters. The SMILES string of the molecule is O=C(NCc1cccnc1)c1cc([N+](=O)[O-])cc2c(=O)[nH]c(Nc3ccc(Cl)c(Cl)c3)nc12. The van der Waals surface area contributed by atoms with E-state index >= 15 is 0 Å². The molecule has 0 aliphatic heterocycles. The minimum absolute atomic E-state index is 0.00408. The van der Waals surface area contributed by atoms with Crippen LogP contribution in [0.15, 0.2) is 59.7 Å². The average Bonchev–Trinajstić information content (AvgIpc) is 2.80. The summed E-state index contributed by atoms with van der Waals surface area (Å²) in [6.45, 7) is 0.133. The minimum atomic E-state index is -0.682. The molecule has 0 radical (unpaired) electrons. The predicted octanol–water partition coefficient (Wildman–Crippen LogP) is 4.21. The molecule has 4 rings (SSSR count). The maximum atomic E-state index is 12.9. The summed E-state index contributed by atoms with van der Waals surface area (Å²) in [5.41, 5.74) is 0.0193. The van der Waals surface area contributed by atoms with Crippen LogP contribution in [0.1, 0.15) is 15.9 Å². The fraction of sp³-hybridized carbons (Fsp3) is 0.0476. The lowest BCUT2D eigenvalue weighted by atomic mass is 10.1. The van der Waals surface area contributed by atoms with Crippen molar-refractivity contribution in [3.63, 3.8) is 0 Å². The number of nitro groups is 1. The lowest BCUT2D eigenvalue weighted by Crippen LogP contribution is -2.24. The van der Waals surface area contributed by atoms with Gasteiger partial charge in [-0.3, -0.25) is 29.7 Å². The number of nitrogens with one attached hydrogen (secondary N) is 3. The van der Waals surface area contributed by atoms with Crippen LogP contribution in [0.3, 0.4) is 0 Å². The fourth-order valence-electron chi connectivity index (χ4n) is 3.06. The molecule has 0 bridgehead atoms. The van der Waals surface area contributed by atoms with Crippen LogP contribution in [-0.2, 0) is 6.54 Å². The quantitative estimate of drug-likeness (QED) is 0.274. The molecule has 3 N–H and O–H groups in total. The summed E-state index contributed by atoms with van der Waals surface area (Å²) in [5.74, 6) is -0.618. The van der Waals surface area contributed by atoms with Gasteiger partial charge in [0.05, 0.1) is 31.4 Å². The first-order valence-electron chi connectivity index (χ1n) is 9.43. The molecule has 166 valence electrons. The van der Waals surface area contributed by atoms with E-state index in [-0.39, 0.29) is 34.0 Å². The summed E-state index contributed by atoms with van der Waals surface area (Å²) in [5, 5.41) is 17.5. The van der Waals surface area contributed by atoms with Gasteiger partial charge in [0.2, 0.25) is 5.95 Å². The molecule has 0 unspecified atom stereocenters. The number of carbonyl (C=O) groups excluding carboxylic acids is 1. The lowest BCUT2D eigenvalue weighted by Gasteiger charge is -2.10. The maximum absolute atomic E-state index is 12.9. The van der Waals surface area contributed by atoms with Crippen molar-refractivity contribution in [3.8, 4) is 0 Å². The van der Waals surface area contributed by atoms with Gasteiger partial charge in [0.1, 0.15) is 0 Å².